The molecule has 0 aromatic carbocycles. The minimum absolute atomic E-state index is 0.276. The van der Waals surface area contributed by atoms with Gasteiger partial charge in [0, 0.05) is 31.3 Å². The van der Waals surface area contributed by atoms with Gasteiger partial charge in [-0.05, 0) is 32.7 Å². The largest absolute Gasteiger partial charge is 0.381 e. The van der Waals surface area contributed by atoms with Gasteiger partial charge >= 0.3 is 0 Å². The number of nitrogens with zero attached hydrogens (tertiary/aromatic N) is 1. The molecule has 1 heterocycles. The van der Waals surface area contributed by atoms with Crippen LogP contribution in [0, 0.1) is 0 Å². The maximum atomic E-state index is 6.14. The van der Waals surface area contributed by atoms with Gasteiger partial charge in [0.05, 0.1) is 0 Å². The van der Waals surface area contributed by atoms with Crippen LogP contribution >= 0.6 is 0 Å². The predicted molar refractivity (Wildman–Crippen MR) is 71.1 cm³/mol. The maximum Gasteiger partial charge on any atom is 0.0480 e. The van der Waals surface area contributed by atoms with Gasteiger partial charge in [-0.3, -0.25) is 4.90 Å². The number of ether oxygens (including phenoxy) is 1. The molecule has 2 fully saturated rings. The highest BCUT2D eigenvalue weighted by Gasteiger charge is 2.37. The summed E-state index contributed by atoms with van der Waals surface area (Å²) in [6.07, 6.45) is 10.4. The van der Waals surface area contributed by atoms with E-state index in [2.05, 4.69) is 11.9 Å². The van der Waals surface area contributed by atoms with Crippen LogP contribution in [0.2, 0.25) is 0 Å². The van der Waals surface area contributed by atoms with Crippen LogP contribution < -0.4 is 5.73 Å². The Morgan fingerprint density at radius 3 is 2.24 bits per heavy atom. The quantitative estimate of drug-likeness (QED) is 0.768. The zero-order valence-corrected chi connectivity index (χ0v) is 11.3. The van der Waals surface area contributed by atoms with Crippen molar-refractivity contribution < 1.29 is 4.74 Å². The molecule has 2 rings (SSSR count). The summed E-state index contributed by atoms with van der Waals surface area (Å²) in [5.74, 6) is 0. The SMILES string of the molecule is CN(C1CCOCC1)C1(CN)CCCCCC1. The first-order valence-corrected chi connectivity index (χ1v) is 7.29. The summed E-state index contributed by atoms with van der Waals surface area (Å²) in [7, 11) is 2.30. The van der Waals surface area contributed by atoms with Crippen molar-refractivity contribution in [3.05, 3.63) is 0 Å². The van der Waals surface area contributed by atoms with Gasteiger partial charge in [-0.25, -0.2) is 0 Å². The van der Waals surface area contributed by atoms with E-state index in [4.69, 9.17) is 10.5 Å². The highest BCUT2D eigenvalue weighted by Crippen LogP contribution is 2.34. The normalized spacial score (nSPS) is 27.0. The topological polar surface area (TPSA) is 38.5 Å². The average molecular weight is 240 g/mol. The van der Waals surface area contributed by atoms with E-state index in [0.29, 0.717) is 6.04 Å². The Morgan fingerprint density at radius 2 is 1.71 bits per heavy atom. The van der Waals surface area contributed by atoms with Crippen LogP contribution in [0.3, 0.4) is 0 Å². The van der Waals surface area contributed by atoms with Crippen molar-refractivity contribution >= 4 is 0 Å². The first-order valence-electron chi connectivity index (χ1n) is 7.29. The Hall–Kier alpha value is -0.120. The predicted octanol–water partition coefficient (Wildman–Crippen LogP) is 2.15. The van der Waals surface area contributed by atoms with Gasteiger partial charge in [0.15, 0.2) is 0 Å². The molecular formula is C14H28N2O. The molecule has 3 heteroatoms. The van der Waals surface area contributed by atoms with E-state index in [0.717, 1.165) is 19.8 Å². The molecule has 0 bridgehead atoms. The molecule has 1 saturated carbocycles. The Labute approximate surface area is 106 Å². The fourth-order valence-corrected chi connectivity index (χ4v) is 3.55. The van der Waals surface area contributed by atoms with E-state index in [1.807, 2.05) is 0 Å². The molecule has 0 aromatic heterocycles. The van der Waals surface area contributed by atoms with E-state index < -0.39 is 0 Å². The molecule has 0 amide bonds. The van der Waals surface area contributed by atoms with Gasteiger partial charge in [0.2, 0.25) is 0 Å². The molecule has 0 unspecified atom stereocenters. The van der Waals surface area contributed by atoms with Crippen LogP contribution in [0.25, 0.3) is 0 Å². The molecule has 0 radical (unpaired) electrons. The third-order valence-corrected chi connectivity index (χ3v) is 4.90. The van der Waals surface area contributed by atoms with Crippen molar-refractivity contribution in [1.82, 2.24) is 4.90 Å². The fourth-order valence-electron chi connectivity index (χ4n) is 3.55. The lowest BCUT2D eigenvalue weighted by Crippen LogP contribution is -2.56. The summed E-state index contributed by atoms with van der Waals surface area (Å²) in [5, 5.41) is 0. The molecule has 100 valence electrons. The van der Waals surface area contributed by atoms with Crippen molar-refractivity contribution in [2.24, 2.45) is 5.73 Å². The average Bonchev–Trinajstić information content (AvgIpc) is 2.65. The first-order chi connectivity index (χ1) is 8.28. The fraction of sp³-hybridized carbons (Fsp3) is 1.00. The Balaban J connectivity index is 2.03. The highest BCUT2D eigenvalue weighted by atomic mass is 16.5. The van der Waals surface area contributed by atoms with Crippen LogP contribution in [0.15, 0.2) is 0 Å². The van der Waals surface area contributed by atoms with E-state index in [-0.39, 0.29) is 5.54 Å². The first kappa shape index (κ1) is 13.3. The van der Waals surface area contributed by atoms with Gasteiger partial charge in [-0.15, -0.1) is 0 Å². The van der Waals surface area contributed by atoms with Gasteiger partial charge < -0.3 is 10.5 Å². The summed E-state index contributed by atoms with van der Waals surface area (Å²) < 4.78 is 5.47. The standard InChI is InChI=1S/C14H28N2O/c1-16(13-6-10-17-11-7-13)14(12-15)8-4-2-3-5-9-14/h13H,2-12,15H2,1H3. The number of hydrogen-bond donors (Lipinski definition) is 1. The molecule has 0 spiro atoms. The molecule has 0 atom stereocenters. The smallest absolute Gasteiger partial charge is 0.0480 e. The van der Waals surface area contributed by atoms with Crippen LogP contribution in [-0.4, -0.2) is 43.3 Å². The molecule has 1 aliphatic heterocycles. The molecule has 2 aliphatic rings. The number of likely N-dealkylation sites (N-methyl/N-ethyl adjacent to an activating group) is 1. The zero-order valence-electron chi connectivity index (χ0n) is 11.3. The minimum Gasteiger partial charge on any atom is -0.381 e. The number of hydrogen-bond acceptors (Lipinski definition) is 3. The minimum atomic E-state index is 0.276. The summed E-state index contributed by atoms with van der Waals surface area (Å²) in [5.41, 5.74) is 6.42. The van der Waals surface area contributed by atoms with E-state index in [1.54, 1.807) is 0 Å². The van der Waals surface area contributed by atoms with E-state index >= 15 is 0 Å². The summed E-state index contributed by atoms with van der Waals surface area (Å²) in [6, 6.07) is 0.686. The van der Waals surface area contributed by atoms with Crippen LogP contribution in [-0.2, 0) is 4.74 Å². The Kier molecular flexibility index (Phi) is 4.83. The molecule has 0 aromatic rings. The second-order valence-corrected chi connectivity index (χ2v) is 5.80. The second-order valence-electron chi connectivity index (χ2n) is 5.80. The van der Waals surface area contributed by atoms with Gasteiger partial charge in [-0.1, -0.05) is 25.7 Å². The lowest BCUT2D eigenvalue weighted by molar-refractivity contribution is -0.00770. The van der Waals surface area contributed by atoms with Crippen LogP contribution in [0.4, 0.5) is 0 Å². The van der Waals surface area contributed by atoms with Gasteiger partial charge in [0.25, 0.3) is 0 Å². The summed E-state index contributed by atoms with van der Waals surface area (Å²) >= 11 is 0. The van der Waals surface area contributed by atoms with E-state index in [9.17, 15) is 0 Å². The molecule has 1 aliphatic carbocycles. The molecule has 17 heavy (non-hydrogen) atoms. The molecule has 2 N–H and O–H groups in total. The second kappa shape index (κ2) is 6.17. The number of rotatable bonds is 3. The number of nitrogens with two attached hydrogens (primary N) is 1. The van der Waals surface area contributed by atoms with Crippen molar-refractivity contribution in [3.8, 4) is 0 Å². The molecule has 3 nitrogen and oxygen atoms in total. The lowest BCUT2D eigenvalue weighted by Gasteiger charge is -2.46. The van der Waals surface area contributed by atoms with Crippen molar-refractivity contribution in [1.29, 1.82) is 0 Å². The Morgan fingerprint density at radius 1 is 1.12 bits per heavy atom. The lowest BCUT2D eigenvalue weighted by atomic mass is 9.86. The third kappa shape index (κ3) is 3.01. The summed E-state index contributed by atoms with van der Waals surface area (Å²) in [6.45, 7) is 2.67. The highest BCUT2D eigenvalue weighted by molar-refractivity contribution is 4.95. The molecular weight excluding hydrogens is 212 g/mol. The summed E-state index contributed by atoms with van der Waals surface area (Å²) in [4.78, 5) is 2.61. The van der Waals surface area contributed by atoms with E-state index in [1.165, 1.54) is 51.4 Å². The van der Waals surface area contributed by atoms with Crippen LogP contribution in [0.1, 0.15) is 51.4 Å². The zero-order chi connectivity index (χ0) is 12.1. The maximum absolute atomic E-state index is 6.14. The van der Waals surface area contributed by atoms with Crippen molar-refractivity contribution in [2.75, 3.05) is 26.8 Å². The van der Waals surface area contributed by atoms with Gasteiger partial charge in [-0.2, -0.15) is 0 Å². The monoisotopic (exact) mass is 240 g/mol. The Bertz CT molecular complexity index is 218. The third-order valence-electron chi connectivity index (χ3n) is 4.90. The molecule has 1 saturated heterocycles. The van der Waals surface area contributed by atoms with Gasteiger partial charge in [0.1, 0.15) is 0 Å². The van der Waals surface area contributed by atoms with Crippen LogP contribution in [0.5, 0.6) is 0 Å². The van der Waals surface area contributed by atoms with Crippen molar-refractivity contribution in [2.45, 2.75) is 62.9 Å². The van der Waals surface area contributed by atoms with Crippen molar-refractivity contribution in [3.63, 3.8) is 0 Å².